The number of hydrogen-bond donors (Lipinski definition) is 2. The van der Waals surface area contributed by atoms with Crippen molar-refractivity contribution in [3.8, 4) is 0 Å². The summed E-state index contributed by atoms with van der Waals surface area (Å²) in [6, 6.07) is 13.5. The van der Waals surface area contributed by atoms with Gasteiger partial charge in [0, 0.05) is 25.3 Å². The molecule has 32 heavy (non-hydrogen) atoms. The molecule has 0 radical (unpaired) electrons. The van der Waals surface area contributed by atoms with Crippen molar-refractivity contribution in [3.63, 3.8) is 0 Å². The van der Waals surface area contributed by atoms with Crippen LogP contribution in [-0.4, -0.2) is 43.1 Å². The second kappa shape index (κ2) is 9.40. The first-order valence-electron chi connectivity index (χ1n) is 10.9. The summed E-state index contributed by atoms with van der Waals surface area (Å²) in [6.07, 6.45) is 1.72. The Kier molecular flexibility index (Phi) is 6.59. The van der Waals surface area contributed by atoms with Gasteiger partial charge in [0.2, 0.25) is 10.0 Å². The number of para-hydroxylation sites is 2. The Morgan fingerprint density at radius 1 is 1.22 bits per heavy atom. The van der Waals surface area contributed by atoms with Gasteiger partial charge in [-0.2, -0.15) is 0 Å². The summed E-state index contributed by atoms with van der Waals surface area (Å²) in [4.78, 5) is 17.6. The smallest absolute Gasteiger partial charge is 0.251 e. The molecule has 0 aliphatic carbocycles. The highest BCUT2D eigenvalue weighted by Crippen LogP contribution is 2.21. The molecule has 8 nitrogen and oxygen atoms in total. The zero-order chi connectivity index (χ0) is 22.7. The summed E-state index contributed by atoms with van der Waals surface area (Å²) in [7, 11) is -3.66. The first kappa shape index (κ1) is 22.4. The number of fused-ring (bicyclic) bond motifs is 1. The molecule has 2 unspecified atom stereocenters. The van der Waals surface area contributed by atoms with Crippen molar-refractivity contribution in [1.82, 2.24) is 19.6 Å². The van der Waals surface area contributed by atoms with E-state index < -0.39 is 10.0 Å². The number of aromatic nitrogens is 2. The Morgan fingerprint density at radius 2 is 1.97 bits per heavy atom. The Balaban J connectivity index is 1.43. The number of carbonyl (C=O) groups is 1. The van der Waals surface area contributed by atoms with Crippen LogP contribution in [0.1, 0.15) is 48.9 Å². The van der Waals surface area contributed by atoms with Crippen LogP contribution in [-0.2, 0) is 21.3 Å². The summed E-state index contributed by atoms with van der Waals surface area (Å²) < 4.78 is 35.1. The molecule has 2 aromatic carbocycles. The van der Waals surface area contributed by atoms with Gasteiger partial charge in [-0.05, 0) is 63.1 Å². The maximum atomic E-state index is 12.8. The van der Waals surface area contributed by atoms with Crippen LogP contribution in [0.15, 0.2) is 53.4 Å². The monoisotopic (exact) mass is 456 g/mol. The molecule has 2 N–H and O–H groups in total. The van der Waals surface area contributed by atoms with Crippen LogP contribution in [0.5, 0.6) is 0 Å². The van der Waals surface area contributed by atoms with Gasteiger partial charge in [0.1, 0.15) is 5.82 Å². The Hall–Kier alpha value is -2.75. The van der Waals surface area contributed by atoms with Gasteiger partial charge in [0.25, 0.3) is 5.91 Å². The lowest BCUT2D eigenvalue weighted by Gasteiger charge is -2.16. The van der Waals surface area contributed by atoms with E-state index in [-0.39, 0.29) is 29.5 Å². The molecule has 1 aliphatic rings. The maximum absolute atomic E-state index is 12.8. The highest BCUT2D eigenvalue weighted by atomic mass is 32.2. The van der Waals surface area contributed by atoms with Crippen LogP contribution in [0, 0.1) is 0 Å². The average molecular weight is 457 g/mol. The Morgan fingerprint density at radius 3 is 2.66 bits per heavy atom. The number of amides is 1. The summed E-state index contributed by atoms with van der Waals surface area (Å²) in [5.74, 6) is 0.489. The number of rotatable bonds is 8. The Bertz CT molecular complexity index is 1200. The predicted octanol–water partition coefficient (Wildman–Crippen LogP) is 3.00. The van der Waals surface area contributed by atoms with Crippen LogP contribution >= 0.6 is 0 Å². The quantitative estimate of drug-likeness (QED) is 0.543. The molecule has 4 rings (SSSR count). The van der Waals surface area contributed by atoms with Crippen molar-refractivity contribution in [1.29, 1.82) is 0 Å². The van der Waals surface area contributed by atoms with Crippen molar-refractivity contribution in [2.75, 3.05) is 13.2 Å². The molecule has 1 saturated heterocycles. The number of hydrogen-bond acceptors (Lipinski definition) is 5. The van der Waals surface area contributed by atoms with Crippen molar-refractivity contribution < 1.29 is 17.9 Å². The molecule has 2 heterocycles. The normalized spacial score (nSPS) is 17.5. The number of imidazole rings is 1. The van der Waals surface area contributed by atoms with E-state index in [2.05, 4.69) is 19.6 Å². The second-order valence-corrected chi connectivity index (χ2v) is 9.68. The van der Waals surface area contributed by atoms with Gasteiger partial charge < -0.3 is 14.6 Å². The fraction of sp³-hybridized carbons (Fsp3) is 0.391. The van der Waals surface area contributed by atoms with Gasteiger partial charge in [-0.15, -0.1) is 0 Å². The number of ether oxygens (including phenoxy) is 1. The molecule has 9 heteroatoms. The van der Waals surface area contributed by atoms with Crippen molar-refractivity contribution in [2.24, 2.45) is 0 Å². The zero-order valence-corrected chi connectivity index (χ0v) is 19.1. The number of nitrogens with one attached hydrogen (secondary N) is 2. The molecule has 170 valence electrons. The first-order chi connectivity index (χ1) is 15.4. The maximum Gasteiger partial charge on any atom is 0.251 e. The molecule has 3 aromatic rings. The number of carbonyl (C=O) groups excluding carboxylic acids is 1. The molecule has 1 fully saturated rings. The summed E-state index contributed by atoms with van der Waals surface area (Å²) in [6.45, 7) is 5.59. The number of nitrogens with zero attached hydrogens (tertiary/aromatic N) is 2. The Labute approximate surface area is 188 Å². The molecule has 0 bridgehead atoms. The van der Waals surface area contributed by atoms with Crippen LogP contribution in [0.4, 0.5) is 0 Å². The minimum Gasteiger partial charge on any atom is -0.377 e. The van der Waals surface area contributed by atoms with E-state index in [1.54, 1.807) is 0 Å². The molecule has 2 atom stereocenters. The van der Waals surface area contributed by atoms with Crippen LogP contribution < -0.4 is 10.0 Å². The van der Waals surface area contributed by atoms with E-state index in [4.69, 9.17) is 4.74 Å². The van der Waals surface area contributed by atoms with E-state index in [0.29, 0.717) is 12.2 Å². The van der Waals surface area contributed by atoms with E-state index in [1.165, 1.54) is 24.3 Å². The van der Waals surface area contributed by atoms with Crippen LogP contribution in [0.2, 0.25) is 0 Å². The fourth-order valence-electron chi connectivity index (χ4n) is 3.98. The van der Waals surface area contributed by atoms with Gasteiger partial charge in [0.15, 0.2) is 0 Å². The summed E-state index contributed by atoms with van der Waals surface area (Å²) in [5.41, 5.74) is 2.29. The van der Waals surface area contributed by atoms with Gasteiger partial charge in [-0.1, -0.05) is 12.1 Å². The zero-order valence-electron chi connectivity index (χ0n) is 18.2. The fourth-order valence-corrected chi connectivity index (χ4v) is 5.04. The largest absolute Gasteiger partial charge is 0.377 e. The van der Waals surface area contributed by atoms with Crippen molar-refractivity contribution in [3.05, 3.63) is 59.9 Å². The third-order valence-corrected chi connectivity index (χ3v) is 7.13. The van der Waals surface area contributed by atoms with Gasteiger partial charge in [-0.3, -0.25) is 4.79 Å². The molecule has 1 amide bonds. The first-order valence-corrected chi connectivity index (χ1v) is 12.3. The standard InChI is InChI=1S/C23H28N4O4S/c1-3-27-21-9-5-4-8-20(21)26-22(27)16(2)25-23(28)17-10-12-19(13-11-17)32(29,30)24-15-18-7-6-14-31-18/h4-5,8-13,16,18,24H,3,6-7,14-15H2,1-2H3,(H,25,28). The number of benzene rings is 2. The van der Waals surface area contributed by atoms with E-state index >= 15 is 0 Å². The van der Waals surface area contributed by atoms with E-state index in [1.807, 2.05) is 38.1 Å². The third-order valence-electron chi connectivity index (χ3n) is 5.69. The third kappa shape index (κ3) is 4.69. The van der Waals surface area contributed by atoms with Crippen molar-refractivity contribution >= 4 is 27.0 Å². The lowest BCUT2D eigenvalue weighted by molar-refractivity contribution is 0.0937. The molecule has 1 aliphatic heterocycles. The van der Waals surface area contributed by atoms with Crippen LogP contribution in [0.3, 0.4) is 0 Å². The minimum atomic E-state index is -3.66. The van der Waals surface area contributed by atoms with Gasteiger partial charge >= 0.3 is 0 Å². The molecule has 0 saturated carbocycles. The van der Waals surface area contributed by atoms with Crippen LogP contribution in [0.25, 0.3) is 11.0 Å². The topological polar surface area (TPSA) is 102 Å². The lowest BCUT2D eigenvalue weighted by Crippen LogP contribution is -2.32. The molecular formula is C23H28N4O4S. The minimum absolute atomic E-state index is 0.0800. The van der Waals surface area contributed by atoms with E-state index in [9.17, 15) is 13.2 Å². The number of sulfonamides is 1. The van der Waals surface area contributed by atoms with Gasteiger partial charge in [0.05, 0.1) is 28.1 Å². The predicted molar refractivity (Wildman–Crippen MR) is 122 cm³/mol. The van der Waals surface area contributed by atoms with E-state index in [0.717, 1.165) is 36.2 Å². The highest BCUT2D eigenvalue weighted by Gasteiger charge is 2.22. The molecule has 0 spiro atoms. The SMILES string of the molecule is CCn1c(C(C)NC(=O)c2ccc(S(=O)(=O)NCC3CCCO3)cc2)nc2ccccc21. The summed E-state index contributed by atoms with van der Waals surface area (Å²) >= 11 is 0. The molecular weight excluding hydrogens is 428 g/mol. The second-order valence-electron chi connectivity index (χ2n) is 7.91. The summed E-state index contributed by atoms with van der Waals surface area (Å²) in [5, 5.41) is 2.96. The van der Waals surface area contributed by atoms with Gasteiger partial charge in [-0.25, -0.2) is 18.1 Å². The number of aryl methyl sites for hydroxylation is 1. The molecule has 1 aromatic heterocycles. The lowest BCUT2D eigenvalue weighted by atomic mass is 10.2. The average Bonchev–Trinajstić information content (AvgIpc) is 3.45. The van der Waals surface area contributed by atoms with Crippen molar-refractivity contribution in [2.45, 2.75) is 50.3 Å². The highest BCUT2D eigenvalue weighted by molar-refractivity contribution is 7.89.